The fraction of sp³-hybridized carbons (Fsp3) is 0.714. The molecule has 1 aliphatic rings. The van der Waals surface area contributed by atoms with Crippen molar-refractivity contribution in [2.24, 2.45) is 29.6 Å². The van der Waals surface area contributed by atoms with Crippen LogP contribution < -0.4 is 0 Å². The van der Waals surface area contributed by atoms with Crippen LogP contribution in [-0.4, -0.2) is 5.11 Å². The van der Waals surface area contributed by atoms with E-state index in [0.29, 0.717) is 29.4 Å². The second-order valence-corrected chi connectivity index (χ2v) is 7.39. The van der Waals surface area contributed by atoms with Crippen molar-refractivity contribution in [1.29, 1.82) is 0 Å². The molecule has 0 spiro atoms. The molecule has 1 N–H and O–H groups in total. The number of allylic oxidation sites excluding steroid dienone is 3. The van der Waals surface area contributed by atoms with Crippen LogP contribution in [-0.2, 0) is 0 Å². The zero-order valence-electron chi connectivity index (χ0n) is 15.0. The summed E-state index contributed by atoms with van der Waals surface area (Å²) < 4.78 is 0. The molecular formula is C21H36O. The normalized spacial score (nSPS) is 31.7. The molecule has 0 aromatic carbocycles. The number of hydrogen-bond donors (Lipinski definition) is 1. The van der Waals surface area contributed by atoms with E-state index in [0.717, 1.165) is 12.8 Å². The molecule has 0 bridgehead atoms. The van der Waals surface area contributed by atoms with Gasteiger partial charge >= 0.3 is 0 Å². The lowest BCUT2D eigenvalue weighted by Gasteiger charge is -2.45. The highest BCUT2D eigenvalue weighted by Crippen LogP contribution is 2.47. The molecule has 1 saturated carbocycles. The highest BCUT2D eigenvalue weighted by Gasteiger charge is 2.40. The van der Waals surface area contributed by atoms with Crippen LogP contribution in [0.15, 0.2) is 37.1 Å². The molecule has 0 aliphatic heterocycles. The van der Waals surface area contributed by atoms with Crippen molar-refractivity contribution in [3.05, 3.63) is 37.1 Å². The standard InChI is InChI=1S/C21H36O/c1-7-19-16(5)21(17(6)22)14-18(20(19)8-2)13-11-9-10-12-15(3)4/h7,16,18-22H,1,3,6,8-14H2,2,4-5H3. The van der Waals surface area contributed by atoms with Gasteiger partial charge in [-0.2, -0.15) is 0 Å². The topological polar surface area (TPSA) is 20.2 Å². The van der Waals surface area contributed by atoms with E-state index in [9.17, 15) is 5.11 Å². The Morgan fingerprint density at radius 1 is 1.23 bits per heavy atom. The Kier molecular flexibility index (Phi) is 8.00. The number of unbranched alkanes of at least 4 members (excludes halogenated alkanes) is 2. The van der Waals surface area contributed by atoms with E-state index in [2.05, 4.69) is 46.6 Å². The Hall–Kier alpha value is -0.980. The Morgan fingerprint density at radius 2 is 1.91 bits per heavy atom. The first-order valence-electron chi connectivity index (χ1n) is 9.07. The van der Waals surface area contributed by atoms with E-state index in [1.807, 2.05) is 0 Å². The summed E-state index contributed by atoms with van der Waals surface area (Å²) in [5, 5.41) is 9.97. The van der Waals surface area contributed by atoms with Gasteiger partial charge in [-0.05, 0) is 49.9 Å². The van der Waals surface area contributed by atoms with Crippen molar-refractivity contribution in [3.8, 4) is 0 Å². The fourth-order valence-corrected chi connectivity index (χ4v) is 4.46. The van der Waals surface area contributed by atoms with E-state index >= 15 is 0 Å². The number of aliphatic hydroxyl groups excluding tert-OH is 1. The third-order valence-corrected chi connectivity index (χ3v) is 5.75. The van der Waals surface area contributed by atoms with E-state index in [-0.39, 0.29) is 5.92 Å². The quantitative estimate of drug-likeness (QED) is 0.286. The van der Waals surface area contributed by atoms with Crippen molar-refractivity contribution >= 4 is 0 Å². The van der Waals surface area contributed by atoms with Crippen LogP contribution in [0.1, 0.15) is 65.7 Å². The van der Waals surface area contributed by atoms with E-state index in [1.54, 1.807) is 0 Å². The Balaban J connectivity index is 2.63. The van der Waals surface area contributed by atoms with Crippen LogP contribution in [0.3, 0.4) is 0 Å². The van der Waals surface area contributed by atoms with Gasteiger partial charge in [0.2, 0.25) is 0 Å². The minimum Gasteiger partial charge on any atom is -0.513 e. The molecule has 22 heavy (non-hydrogen) atoms. The smallest absolute Gasteiger partial charge is 0.0884 e. The number of rotatable bonds is 9. The van der Waals surface area contributed by atoms with Gasteiger partial charge in [-0.1, -0.05) is 57.8 Å². The Labute approximate surface area is 138 Å². The average molecular weight is 305 g/mol. The van der Waals surface area contributed by atoms with Gasteiger partial charge in [0.1, 0.15) is 0 Å². The van der Waals surface area contributed by atoms with E-state index in [1.165, 1.54) is 37.7 Å². The fourth-order valence-electron chi connectivity index (χ4n) is 4.46. The van der Waals surface area contributed by atoms with Crippen molar-refractivity contribution in [2.45, 2.75) is 65.7 Å². The predicted octanol–water partition coefficient (Wildman–Crippen LogP) is 6.69. The summed E-state index contributed by atoms with van der Waals surface area (Å²) >= 11 is 0. The second kappa shape index (κ2) is 9.22. The molecule has 1 nitrogen and oxygen atoms in total. The molecule has 0 aromatic rings. The molecule has 1 fully saturated rings. The lowest BCUT2D eigenvalue weighted by Crippen LogP contribution is -2.38. The summed E-state index contributed by atoms with van der Waals surface area (Å²) in [5.41, 5.74) is 1.29. The van der Waals surface area contributed by atoms with Crippen LogP contribution in [0.4, 0.5) is 0 Å². The third kappa shape index (κ3) is 5.04. The number of aliphatic hydroxyl groups is 1. The molecule has 0 amide bonds. The minimum atomic E-state index is 0.242. The van der Waals surface area contributed by atoms with Gasteiger partial charge in [0.05, 0.1) is 5.76 Å². The maximum atomic E-state index is 9.97. The van der Waals surface area contributed by atoms with E-state index < -0.39 is 0 Å². The van der Waals surface area contributed by atoms with Crippen molar-refractivity contribution < 1.29 is 5.11 Å². The molecule has 5 unspecified atom stereocenters. The van der Waals surface area contributed by atoms with Crippen LogP contribution in [0.2, 0.25) is 0 Å². The highest BCUT2D eigenvalue weighted by atomic mass is 16.3. The Morgan fingerprint density at radius 3 is 2.41 bits per heavy atom. The van der Waals surface area contributed by atoms with Crippen LogP contribution in [0.25, 0.3) is 0 Å². The molecule has 0 saturated heterocycles. The maximum Gasteiger partial charge on any atom is 0.0884 e. The van der Waals surface area contributed by atoms with Gasteiger partial charge in [0.15, 0.2) is 0 Å². The largest absolute Gasteiger partial charge is 0.513 e. The minimum absolute atomic E-state index is 0.242. The molecule has 1 aliphatic carbocycles. The zero-order chi connectivity index (χ0) is 16.7. The first-order valence-corrected chi connectivity index (χ1v) is 9.07. The van der Waals surface area contributed by atoms with Crippen LogP contribution in [0, 0.1) is 29.6 Å². The average Bonchev–Trinajstić information content (AvgIpc) is 2.46. The Bertz CT molecular complexity index is 381. The SMILES string of the molecule is C=CC1C(C)C(C(=C)O)CC(CCCCCC(=C)C)C1CC. The molecule has 126 valence electrons. The molecule has 1 rings (SSSR count). The lowest BCUT2D eigenvalue weighted by molar-refractivity contribution is 0.0606. The summed E-state index contributed by atoms with van der Waals surface area (Å²) in [6.07, 6.45) is 10.7. The number of hydrogen-bond acceptors (Lipinski definition) is 1. The summed E-state index contributed by atoms with van der Waals surface area (Å²) in [7, 11) is 0. The molecule has 0 heterocycles. The van der Waals surface area contributed by atoms with Gasteiger partial charge in [-0.25, -0.2) is 0 Å². The third-order valence-electron chi connectivity index (χ3n) is 5.75. The van der Waals surface area contributed by atoms with Crippen molar-refractivity contribution in [1.82, 2.24) is 0 Å². The first-order chi connectivity index (χ1) is 10.4. The molecule has 0 aromatic heterocycles. The van der Waals surface area contributed by atoms with Gasteiger partial charge in [-0.3, -0.25) is 0 Å². The summed E-state index contributed by atoms with van der Waals surface area (Å²) in [6.45, 7) is 18.5. The second-order valence-electron chi connectivity index (χ2n) is 7.39. The maximum absolute atomic E-state index is 9.97. The summed E-state index contributed by atoms with van der Waals surface area (Å²) in [4.78, 5) is 0. The summed E-state index contributed by atoms with van der Waals surface area (Å²) in [5.74, 6) is 2.99. The van der Waals surface area contributed by atoms with Gasteiger partial charge < -0.3 is 5.11 Å². The predicted molar refractivity (Wildman–Crippen MR) is 97.9 cm³/mol. The van der Waals surface area contributed by atoms with Crippen molar-refractivity contribution in [3.63, 3.8) is 0 Å². The van der Waals surface area contributed by atoms with Crippen LogP contribution >= 0.6 is 0 Å². The molecule has 1 heteroatoms. The van der Waals surface area contributed by atoms with E-state index in [4.69, 9.17) is 0 Å². The van der Waals surface area contributed by atoms with Crippen molar-refractivity contribution in [2.75, 3.05) is 0 Å². The molecule has 0 radical (unpaired) electrons. The first kappa shape index (κ1) is 19.1. The van der Waals surface area contributed by atoms with Gasteiger partial charge in [0, 0.05) is 5.92 Å². The van der Waals surface area contributed by atoms with Crippen LogP contribution in [0.5, 0.6) is 0 Å². The van der Waals surface area contributed by atoms with Gasteiger partial charge in [0.25, 0.3) is 0 Å². The summed E-state index contributed by atoms with van der Waals surface area (Å²) in [6, 6.07) is 0. The zero-order valence-corrected chi connectivity index (χ0v) is 15.0. The molecule has 5 atom stereocenters. The molecular weight excluding hydrogens is 268 g/mol. The van der Waals surface area contributed by atoms with Gasteiger partial charge in [-0.15, -0.1) is 13.2 Å². The lowest BCUT2D eigenvalue weighted by atomic mass is 9.60. The monoisotopic (exact) mass is 304 g/mol. The highest BCUT2D eigenvalue weighted by molar-refractivity contribution is 5.04.